The van der Waals surface area contributed by atoms with Gasteiger partial charge in [-0.15, -0.1) is 0 Å². The highest BCUT2D eigenvalue weighted by atomic mass is 32.2. The van der Waals surface area contributed by atoms with Crippen LogP contribution in [0.15, 0.2) is 47.4 Å². The highest BCUT2D eigenvalue weighted by Crippen LogP contribution is 2.28. The summed E-state index contributed by atoms with van der Waals surface area (Å²) in [5.74, 6) is 1.16. The number of carbonyl (C=O) groups is 1. The number of hydrogen-bond donors (Lipinski definition) is 0. The minimum atomic E-state index is -3.56. The number of aryl methyl sites for hydroxylation is 1. The Morgan fingerprint density at radius 2 is 1.63 bits per heavy atom. The highest BCUT2D eigenvalue weighted by Gasteiger charge is 2.28. The van der Waals surface area contributed by atoms with Gasteiger partial charge in [-0.25, -0.2) is 8.42 Å². The van der Waals surface area contributed by atoms with Crippen LogP contribution in [0.25, 0.3) is 0 Å². The summed E-state index contributed by atoms with van der Waals surface area (Å²) in [5, 5.41) is 0. The first-order valence-electron chi connectivity index (χ1n) is 9.90. The van der Waals surface area contributed by atoms with Crippen molar-refractivity contribution < 1.29 is 22.7 Å². The molecule has 7 nitrogen and oxygen atoms in total. The first-order chi connectivity index (χ1) is 14.3. The van der Waals surface area contributed by atoms with Crippen molar-refractivity contribution in [3.63, 3.8) is 0 Å². The SMILES string of the molecule is COc1ccc(CC(=O)N2CCCN(S(=O)(=O)c3ccc(C)cc3)CC2)cc1OC. The third-order valence-corrected chi connectivity index (χ3v) is 7.18. The summed E-state index contributed by atoms with van der Waals surface area (Å²) in [6.07, 6.45) is 0.827. The van der Waals surface area contributed by atoms with Gasteiger partial charge in [0.25, 0.3) is 0 Å². The van der Waals surface area contributed by atoms with Crippen LogP contribution in [0.2, 0.25) is 0 Å². The molecule has 1 fully saturated rings. The number of nitrogens with zero attached hydrogens (tertiary/aromatic N) is 2. The lowest BCUT2D eigenvalue weighted by Crippen LogP contribution is -2.38. The Bertz CT molecular complexity index is 989. The van der Waals surface area contributed by atoms with E-state index in [9.17, 15) is 13.2 Å². The van der Waals surface area contributed by atoms with Crippen LogP contribution in [0.1, 0.15) is 17.5 Å². The van der Waals surface area contributed by atoms with Crippen LogP contribution < -0.4 is 9.47 Å². The van der Waals surface area contributed by atoms with Crippen molar-refractivity contribution in [1.82, 2.24) is 9.21 Å². The van der Waals surface area contributed by atoms with E-state index >= 15 is 0 Å². The van der Waals surface area contributed by atoms with Gasteiger partial charge in [0, 0.05) is 26.2 Å². The molecule has 2 aromatic rings. The molecule has 2 aromatic carbocycles. The van der Waals surface area contributed by atoms with Crippen molar-refractivity contribution in [2.45, 2.75) is 24.7 Å². The van der Waals surface area contributed by atoms with Crippen LogP contribution in [0, 0.1) is 6.92 Å². The molecule has 0 saturated carbocycles. The summed E-state index contributed by atoms with van der Waals surface area (Å²) in [4.78, 5) is 14.9. The molecule has 3 rings (SSSR count). The van der Waals surface area contributed by atoms with Gasteiger partial charge >= 0.3 is 0 Å². The van der Waals surface area contributed by atoms with E-state index < -0.39 is 10.0 Å². The molecule has 0 bridgehead atoms. The predicted molar refractivity (Wildman–Crippen MR) is 114 cm³/mol. The fraction of sp³-hybridized carbons (Fsp3) is 0.409. The molecule has 0 unspecified atom stereocenters. The second-order valence-corrected chi connectivity index (χ2v) is 9.26. The third kappa shape index (κ3) is 4.94. The Morgan fingerprint density at radius 1 is 0.933 bits per heavy atom. The van der Waals surface area contributed by atoms with Gasteiger partial charge in [0.2, 0.25) is 15.9 Å². The van der Waals surface area contributed by atoms with Gasteiger partial charge in [-0.05, 0) is 43.2 Å². The normalized spacial score (nSPS) is 15.5. The molecular formula is C22H28N2O5S. The number of sulfonamides is 1. The fourth-order valence-corrected chi connectivity index (χ4v) is 4.99. The average molecular weight is 433 g/mol. The van der Waals surface area contributed by atoms with E-state index in [2.05, 4.69) is 0 Å². The Balaban J connectivity index is 1.66. The quantitative estimate of drug-likeness (QED) is 0.701. The summed E-state index contributed by atoms with van der Waals surface area (Å²) in [6, 6.07) is 12.3. The van der Waals surface area contributed by atoms with E-state index in [4.69, 9.17) is 9.47 Å². The van der Waals surface area contributed by atoms with E-state index in [-0.39, 0.29) is 18.9 Å². The summed E-state index contributed by atoms with van der Waals surface area (Å²) >= 11 is 0. The molecule has 0 aliphatic carbocycles. The van der Waals surface area contributed by atoms with E-state index in [1.165, 1.54) is 4.31 Å². The van der Waals surface area contributed by atoms with Gasteiger partial charge in [0.15, 0.2) is 11.5 Å². The number of rotatable bonds is 6. The van der Waals surface area contributed by atoms with Crippen molar-refractivity contribution >= 4 is 15.9 Å². The molecule has 1 amide bonds. The second-order valence-electron chi connectivity index (χ2n) is 7.32. The molecule has 0 aromatic heterocycles. The number of ether oxygens (including phenoxy) is 2. The van der Waals surface area contributed by atoms with Gasteiger partial charge in [-0.2, -0.15) is 4.31 Å². The van der Waals surface area contributed by atoms with Crippen LogP contribution in [0.3, 0.4) is 0 Å². The molecule has 162 valence electrons. The average Bonchev–Trinajstić information content (AvgIpc) is 3.01. The zero-order valence-corrected chi connectivity index (χ0v) is 18.4. The summed E-state index contributed by atoms with van der Waals surface area (Å²) in [7, 11) is -0.439. The van der Waals surface area contributed by atoms with Gasteiger partial charge in [-0.3, -0.25) is 4.79 Å². The molecule has 0 spiro atoms. The van der Waals surface area contributed by atoms with Gasteiger partial charge in [0.1, 0.15) is 0 Å². The summed E-state index contributed by atoms with van der Waals surface area (Å²) in [5.41, 5.74) is 1.84. The third-order valence-electron chi connectivity index (χ3n) is 5.27. The highest BCUT2D eigenvalue weighted by molar-refractivity contribution is 7.89. The standard InChI is InChI=1S/C22H28N2O5S/c1-17-5-8-19(9-6-17)30(26,27)24-12-4-11-23(13-14-24)22(25)16-18-7-10-20(28-2)21(15-18)29-3/h5-10,15H,4,11-14,16H2,1-3H3. The number of methoxy groups -OCH3 is 2. The van der Waals surface area contributed by atoms with E-state index in [0.29, 0.717) is 42.4 Å². The summed E-state index contributed by atoms with van der Waals surface area (Å²) < 4.78 is 37.9. The van der Waals surface area contributed by atoms with Crippen molar-refractivity contribution in [3.8, 4) is 11.5 Å². The van der Waals surface area contributed by atoms with E-state index in [1.807, 2.05) is 13.0 Å². The first kappa shape index (κ1) is 22.1. The maximum absolute atomic E-state index is 12.9. The molecule has 0 radical (unpaired) electrons. The van der Waals surface area contributed by atoms with Gasteiger partial charge in [-0.1, -0.05) is 23.8 Å². The molecule has 8 heteroatoms. The van der Waals surface area contributed by atoms with E-state index in [0.717, 1.165) is 11.1 Å². The molecular weight excluding hydrogens is 404 g/mol. The number of hydrogen-bond acceptors (Lipinski definition) is 5. The Hall–Kier alpha value is -2.58. The lowest BCUT2D eigenvalue weighted by molar-refractivity contribution is -0.130. The minimum Gasteiger partial charge on any atom is -0.493 e. The lowest BCUT2D eigenvalue weighted by Gasteiger charge is -2.22. The molecule has 1 aliphatic rings. The van der Waals surface area contributed by atoms with Crippen molar-refractivity contribution in [2.75, 3.05) is 40.4 Å². The molecule has 0 N–H and O–H groups in total. The number of carbonyl (C=O) groups excluding carboxylic acids is 1. The zero-order chi connectivity index (χ0) is 21.7. The van der Waals surface area contributed by atoms with Crippen molar-refractivity contribution in [2.24, 2.45) is 0 Å². The van der Waals surface area contributed by atoms with Gasteiger partial charge < -0.3 is 14.4 Å². The fourth-order valence-electron chi connectivity index (χ4n) is 3.52. The predicted octanol–water partition coefficient (Wildman–Crippen LogP) is 2.48. The lowest BCUT2D eigenvalue weighted by atomic mass is 10.1. The monoisotopic (exact) mass is 432 g/mol. The van der Waals surface area contributed by atoms with Crippen molar-refractivity contribution in [3.05, 3.63) is 53.6 Å². The molecule has 0 atom stereocenters. The number of amides is 1. The minimum absolute atomic E-state index is 0.0307. The zero-order valence-electron chi connectivity index (χ0n) is 17.6. The first-order valence-corrected chi connectivity index (χ1v) is 11.3. The summed E-state index contributed by atoms with van der Waals surface area (Å²) in [6.45, 7) is 3.51. The molecule has 30 heavy (non-hydrogen) atoms. The van der Waals surface area contributed by atoms with Gasteiger partial charge in [0.05, 0.1) is 25.5 Å². The van der Waals surface area contributed by atoms with Crippen molar-refractivity contribution in [1.29, 1.82) is 0 Å². The maximum atomic E-state index is 12.9. The topological polar surface area (TPSA) is 76.2 Å². The molecule has 1 aliphatic heterocycles. The second kappa shape index (κ2) is 9.49. The Kier molecular flexibility index (Phi) is 6.99. The smallest absolute Gasteiger partial charge is 0.243 e. The molecule has 1 heterocycles. The van der Waals surface area contributed by atoms with Crippen LogP contribution in [-0.2, 0) is 21.2 Å². The van der Waals surface area contributed by atoms with Crippen LogP contribution in [0.5, 0.6) is 11.5 Å². The largest absolute Gasteiger partial charge is 0.493 e. The van der Waals surface area contributed by atoms with Crippen LogP contribution in [0.4, 0.5) is 0 Å². The van der Waals surface area contributed by atoms with Crippen LogP contribution >= 0.6 is 0 Å². The maximum Gasteiger partial charge on any atom is 0.243 e. The van der Waals surface area contributed by atoms with E-state index in [1.54, 1.807) is 55.5 Å². The molecule has 1 saturated heterocycles. The Labute approximate surface area is 178 Å². The van der Waals surface area contributed by atoms with Crippen LogP contribution in [-0.4, -0.2) is 63.9 Å². The number of benzene rings is 2. The Morgan fingerprint density at radius 3 is 2.30 bits per heavy atom.